The molecule has 0 fully saturated rings. The molecule has 3 heterocycles. The summed E-state index contributed by atoms with van der Waals surface area (Å²) in [7, 11) is 1.59. The van der Waals surface area contributed by atoms with Crippen LogP contribution in [-0.4, -0.2) is 24.4 Å². The number of aryl methyl sites for hydroxylation is 1. The van der Waals surface area contributed by atoms with Crippen LogP contribution >= 0.6 is 23.2 Å². The minimum absolute atomic E-state index is 0.0771. The summed E-state index contributed by atoms with van der Waals surface area (Å²) in [4.78, 5) is 30.4. The van der Waals surface area contributed by atoms with Gasteiger partial charge in [0.15, 0.2) is 11.2 Å². The molecule has 8 nitrogen and oxygen atoms in total. The molecule has 3 aromatic rings. The molecule has 10 heteroatoms. The van der Waals surface area contributed by atoms with Gasteiger partial charge >= 0.3 is 5.69 Å². The van der Waals surface area contributed by atoms with Crippen molar-refractivity contribution in [1.82, 2.24) is 18.7 Å². The molecule has 0 saturated heterocycles. The van der Waals surface area contributed by atoms with Gasteiger partial charge in [-0.15, -0.1) is 0 Å². The Morgan fingerprint density at radius 3 is 2.67 bits per heavy atom. The predicted molar refractivity (Wildman–Crippen MR) is 106 cm³/mol. The van der Waals surface area contributed by atoms with Crippen molar-refractivity contribution >= 4 is 46.0 Å². The van der Waals surface area contributed by atoms with Crippen LogP contribution in [0.25, 0.3) is 11.2 Å². The van der Waals surface area contributed by atoms with Crippen molar-refractivity contribution < 1.29 is 0 Å². The van der Waals surface area contributed by atoms with Crippen molar-refractivity contribution in [2.75, 3.05) is 5.43 Å². The lowest BCUT2D eigenvalue weighted by molar-refractivity contribution is 0.645. The molecular formula is C17H16Cl2N6O2. The second kappa shape index (κ2) is 6.24. The maximum Gasteiger partial charge on any atom is 0.332 e. The number of hydrazone groups is 1. The maximum atomic E-state index is 13.2. The van der Waals surface area contributed by atoms with Gasteiger partial charge in [0, 0.05) is 7.05 Å². The van der Waals surface area contributed by atoms with Crippen molar-refractivity contribution in [3.05, 3.63) is 54.6 Å². The number of anilines is 1. The van der Waals surface area contributed by atoms with Gasteiger partial charge in [0.25, 0.3) is 5.56 Å². The van der Waals surface area contributed by atoms with Crippen LogP contribution < -0.4 is 16.7 Å². The fraction of sp³-hybridized carbons (Fsp3) is 0.294. The Kier molecular flexibility index (Phi) is 4.12. The van der Waals surface area contributed by atoms with Crippen LogP contribution in [-0.2, 0) is 13.6 Å². The first-order valence-electron chi connectivity index (χ1n) is 8.25. The van der Waals surface area contributed by atoms with Gasteiger partial charge in [-0.25, -0.2) is 10.2 Å². The summed E-state index contributed by atoms with van der Waals surface area (Å²) in [6.07, 6.45) is 0. The number of halogens is 2. The van der Waals surface area contributed by atoms with Gasteiger partial charge in [-0.05, 0) is 31.5 Å². The molecule has 1 atom stereocenters. The van der Waals surface area contributed by atoms with Crippen LogP contribution in [0.3, 0.4) is 0 Å². The first kappa shape index (κ1) is 17.8. The Balaban J connectivity index is 1.96. The zero-order valence-electron chi connectivity index (χ0n) is 14.8. The van der Waals surface area contributed by atoms with E-state index in [1.54, 1.807) is 29.8 Å². The molecule has 1 aromatic carbocycles. The lowest BCUT2D eigenvalue weighted by Crippen LogP contribution is -2.40. The second-order valence-corrected chi connectivity index (χ2v) is 7.31. The molecule has 0 bridgehead atoms. The SMILES string of the molecule is CC1=NNc2nc3c(c(=O)n(Cc4ccc(Cl)c(Cl)c4)c(=O)n3C)n2[C@H]1C. The van der Waals surface area contributed by atoms with Crippen molar-refractivity contribution in [3.63, 3.8) is 0 Å². The molecule has 140 valence electrons. The van der Waals surface area contributed by atoms with E-state index in [1.807, 2.05) is 13.8 Å². The van der Waals surface area contributed by atoms with Crippen molar-refractivity contribution in [2.24, 2.45) is 12.1 Å². The van der Waals surface area contributed by atoms with Crippen LogP contribution in [0.4, 0.5) is 5.95 Å². The minimum atomic E-state index is -0.459. The second-order valence-electron chi connectivity index (χ2n) is 6.50. The topological polar surface area (TPSA) is 86.2 Å². The summed E-state index contributed by atoms with van der Waals surface area (Å²) in [5.41, 5.74) is 4.13. The van der Waals surface area contributed by atoms with Gasteiger partial charge in [-0.3, -0.25) is 18.5 Å². The smallest absolute Gasteiger partial charge is 0.294 e. The van der Waals surface area contributed by atoms with E-state index < -0.39 is 11.2 Å². The van der Waals surface area contributed by atoms with E-state index in [9.17, 15) is 9.59 Å². The standard InChI is InChI=1S/C17H16Cl2N6O2/c1-8-9(2)25-13-14(20-16(25)22-21-8)23(3)17(27)24(15(13)26)7-10-4-5-11(18)12(19)6-10/h4-6,9H,7H2,1-3H3,(H,20,22)/t9-/m0/s1. The number of benzene rings is 1. The van der Waals surface area contributed by atoms with E-state index in [4.69, 9.17) is 23.2 Å². The van der Waals surface area contributed by atoms with Gasteiger partial charge in [0.1, 0.15) is 0 Å². The third kappa shape index (κ3) is 2.67. The van der Waals surface area contributed by atoms with Crippen LogP contribution in [0.15, 0.2) is 32.9 Å². The number of hydrogen-bond donors (Lipinski definition) is 1. The Hall–Kier alpha value is -2.58. The molecule has 0 aliphatic carbocycles. The zero-order valence-corrected chi connectivity index (χ0v) is 16.3. The summed E-state index contributed by atoms with van der Waals surface area (Å²) < 4.78 is 4.30. The highest BCUT2D eigenvalue weighted by molar-refractivity contribution is 6.42. The molecule has 0 unspecified atom stereocenters. The molecule has 4 rings (SSSR count). The van der Waals surface area contributed by atoms with E-state index in [2.05, 4.69) is 15.5 Å². The number of imidazole rings is 1. The average Bonchev–Trinajstić information content (AvgIpc) is 3.03. The van der Waals surface area contributed by atoms with Gasteiger partial charge in [-0.1, -0.05) is 29.3 Å². The van der Waals surface area contributed by atoms with E-state index in [-0.39, 0.29) is 12.6 Å². The van der Waals surface area contributed by atoms with Gasteiger partial charge in [-0.2, -0.15) is 10.1 Å². The largest absolute Gasteiger partial charge is 0.332 e. The number of nitrogens with one attached hydrogen (secondary N) is 1. The van der Waals surface area contributed by atoms with Crippen LogP contribution in [0.2, 0.25) is 10.0 Å². The monoisotopic (exact) mass is 406 g/mol. The fourth-order valence-corrected chi connectivity index (χ4v) is 3.49. The first-order chi connectivity index (χ1) is 12.8. The Bertz CT molecular complexity index is 1240. The summed E-state index contributed by atoms with van der Waals surface area (Å²) >= 11 is 12.0. The molecule has 0 amide bonds. The van der Waals surface area contributed by atoms with Crippen LogP contribution in [0.5, 0.6) is 0 Å². The lowest BCUT2D eigenvalue weighted by Gasteiger charge is -2.21. The number of hydrogen-bond acceptors (Lipinski definition) is 5. The number of aromatic nitrogens is 4. The summed E-state index contributed by atoms with van der Waals surface area (Å²) in [6, 6.07) is 4.86. The molecule has 1 aliphatic rings. The fourth-order valence-electron chi connectivity index (χ4n) is 3.17. The third-order valence-electron chi connectivity index (χ3n) is 4.82. The van der Waals surface area contributed by atoms with Gasteiger partial charge in [0.05, 0.1) is 28.3 Å². The lowest BCUT2D eigenvalue weighted by atomic mass is 10.2. The minimum Gasteiger partial charge on any atom is -0.294 e. The van der Waals surface area contributed by atoms with Crippen molar-refractivity contribution in [2.45, 2.75) is 26.4 Å². The molecule has 0 spiro atoms. The molecule has 1 aliphatic heterocycles. The zero-order chi connectivity index (χ0) is 19.5. The first-order valence-corrected chi connectivity index (χ1v) is 9.01. The average molecular weight is 407 g/mol. The van der Waals surface area contributed by atoms with Gasteiger partial charge in [0.2, 0.25) is 5.95 Å². The maximum absolute atomic E-state index is 13.2. The predicted octanol–water partition coefficient (Wildman–Crippen LogP) is 2.61. The normalized spacial score (nSPS) is 16.2. The van der Waals surface area contributed by atoms with Crippen LogP contribution in [0, 0.1) is 0 Å². The molecule has 0 radical (unpaired) electrons. The van der Waals surface area contributed by atoms with E-state index >= 15 is 0 Å². The number of nitrogens with zero attached hydrogens (tertiary/aromatic N) is 5. The molecule has 2 aromatic heterocycles. The number of fused-ring (bicyclic) bond motifs is 3. The third-order valence-corrected chi connectivity index (χ3v) is 5.56. The highest BCUT2D eigenvalue weighted by Crippen LogP contribution is 2.26. The summed E-state index contributed by atoms with van der Waals surface area (Å²) in [5, 5.41) is 4.98. The molecule has 0 saturated carbocycles. The highest BCUT2D eigenvalue weighted by atomic mass is 35.5. The van der Waals surface area contributed by atoms with E-state index in [0.717, 1.165) is 5.71 Å². The summed E-state index contributed by atoms with van der Waals surface area (Å²) in [5.74, 6) is 0.433. The van der Waals surface area contributed by atoms with Crippen LogP contribution in [0.1, 0.15) is 25.5 Å². The number of rotatable bonds is 2. The van der Waals surface area contributed by atoms with E-state index in [1.165, 1.54) is 9.13 Å². The Morgan fingerprint density at radius 2 is 1.96 bits per heavy atom. The van der Waals surface area contributed by atoms with Gasteiger partial charge < -0.3 is 0 Å². The highest BCUT2D eigenvalue weighted by Gasteiger charge is 2.26. The molecule has 1 N–H and O–H groups in total. The molecular weight excluding hydrogens is 391 g/mol. The summed E-state index contributed by atoms with van der Waals surface area (Å²) in [6.45, 7) is 3.87. The molecule has 27 heavy (non-hydrogen) atoms. The Labute approximate surface area is 163 Å². The Morgan fingerprint density at radius 1 is 1.22 bits per heavy atom. The van der Waals surface area contributed by atoms with Crippen molar-refractivity contribution in [1.29, 1.82) is 0 Å². The quantitative estimate of drug-likeness (QED) is 0.708. The van der Waals surface area contributed by atoms with Crippen molar-refractivity contribution in [3.8, 4) is 0 Å². The van der Waals surface area contributed by atoms with E-state index in [0.29, 0.717) is 32.7 Å².